The lowest BCUT2D eigenvalue weighted by Gasteiger charge is -2.11. The van der Waals surface area contributed by atoms with E-state index in [-0.39, 0.29) is 5.91 Å². The summed E-state index contributed by atoms with van der Waals surface area (Å²) in [5.74, 6) is 0.252. The van der Waals surface area contributed by atoms with E-state index in [4.69, 9.17) is 28.9 Å². The lowest BCUT2D eigenvalue weighted by atomic mass is 10.3. The number of thioether (sulfide) groups is 1. The molecule has 0 aromatic heterocycles. The highest BCUT2D eigenvalue weighted by molar-refractivity contribution is 8.00. The van der Waals surface area contributed by atoms with E-state index in [1.807, 2.05) is 6.92 Å². The van der Waals surface area contributed by atoms with Crippen molar-refractivity contribution in [2.45, 2.75) is 18.6 Å². The van der Waals surface area contributed by atoms with Crippen LogP contribution in [0.25, 0.3) is 0 Å². The number of amides is 1. The topological polar surface area (TPSA) is 55.1 Å². The molecule has 18 heavy (non-hydrogen) atoms. The maximum Gasteiger partial charge on any atom is 0.234 e. The molecule has 1 amide bonds. The Hall–Kier alpha value is -0.420. The molecular weight excluding hydrogens is 291 g/mol. The molecule has 100 valence electrons. The number of nitrogens with two attached hydrogens (primary N) is 1. The van der Waals surface area contributed by atoms with Crippen molar-refractivity contribution < 1.29 is 4.79 Å². The Morgan fingerprint density at radius 3 is 2.61 bits per heavy atom. The predicted octanol–water partition coefficient (Wildman–Crippen LogP) is 3.40. The Kier molecular flexibility index (Phi) is 6.86. The number of carbonyl (C=O) groups is 1. The summed E-state index contributed by atoms with van der Waals surface area (Å²) in [5, 5.41) is 3.97. The summed E-state index contributed by atoms with van der Waals surface area (Å²) < 4.78 is 0. The number of nitrogens with one attached hydrogen (secondary N) is 1. The quantitative estimate of drug-likeness (QED) is 0.847. The second kappa shape index (κ2) is 7.89. The van der Waals surface area contributed by atoms with Gasteiger partial charge < -0.3 is 11.1 Å². The summed E-state index contributed by atoms with van der Waals surface area (Å²) in [4.78, 5) is 11.7. The monoisotopic (exact) mass is 306 g/mol. The zero-order valence-corrected chi connectivity index (χ0v) is 12.4. The number of benzene rings is 1. The molecule has 0 aliphatic heterocycles. The fraction of sp³-hybridized carbons (Fsp3) is 0.417. The van der Waals surface area contributed by atoms with Crippen LogP contribution in [0.4, 0.5) is 5.69 Å². The van der Waals surface area contributed by atoms with Crippen LogP contribution in [0.5, 0.6) is 0 Å². The van der Waals surface area contributed by atoms with E-state index < -0.39 is 0 Å². The van der Waals surface area contributed by atoms with Crippen LogP contribution in [0, 0.1) is 0 Å². The molecule has 3 nitrogen and oxygen atoms in total. The number of carbonyl (C=O) groups excluding carboxylic acids is 1. The van der Waals surface area contributed by atoms with Crippen LogP contribution in [-0.4, -0.2) is 23.5 Å². The molecule has 3 N–H and O–H groups in total. The second-order valence-corrected chi connectivity index (χ2v) is 6.08. The molecule has 0 saturated carbocycles. The highest BCUT2D eigenvalue weighted by atomic mass is 35.5. The second-order valence-electron chi connectivity index (χ2n) is 3.84. The van der Waals surface area contributed by atoms with Crippen molar-refractivity contribution >= 4 is 46.6 Å². The van der Waals surface area contributed by atoms with Crippen LogP contribution < -0.4 is 11.1 Å². The molecule has 0 aliphatic carbocycles. The first-order valence-electron chi connectivity index (χ1n) is 5.60. The fourth-order valence-electron chi connectivity index (χ4n) is 1.33. The molecule has 1 atom stereocenters. The molecule has 0 heterocycles. The van der Waals surface area contributed by atoms with Gasteiger partial charge >= 0.3 is 0 Å². The summed E-state index contributed by atoms with van der Waals surface area (Å²) >= 11 is 13.5. The Morgan fingerprint density at radius 1 is 1.44 bits per heavy atom. The largest absolute Gasteiger partial charge is 0.330 e. The summed E-state index contributed by atoms with van der Waals surface area (Å²) in [6, 6.07) is 5.11. The summed E-state index contributed by atoms with van der Waals surface area (Å²) in [7, 11) is 0. The highest BCUT2D eigenvalue weighted by Gasteiger charge is 2.11. The Balaban J connectivity index is 2.50. The molecule has 1 aromatic rings. The van der Waals surface area contributed by atoms with Gasteiger partial charge in [-0.25, -0.2) is 0 Å². The van der Waals surface area contributed by atoms with Crippen LogP contribution in [0.2, 0.25) is 10.0 Å². The van der Waals surface area contributed by atoms with Gasteiger partial charge in [-0.05, 0) is 25.1 Å². The maximum absolute atomic E-state index is 11.7. The maximum atomic E-state index is 11.7. The first-order chi connectivity index (χ1) is 8.54. The summed E-state index contributed by atoms with van der Waals surface area (Å²) in [5.41, 5.74) is 5.92. The van der Waals surface area contributed by atoms with Crippen LogP contribution in [0.3, 0.4) is 0 Å². The van der Waals surface area contributed by atoms with Gasteiger partial charge in [-0.15, -0.1) is 11.8 Å². The third kappa shape index (κ3) is 5.06. The predicted molar refractivity (Wildman–Crippen MR) is 80.7 cm³/mol. The minimum absolute atomic E-state index is 0.112. The smallest absolute Gasteiger partial charge is 0.234 e. The van der Waals surface area contributed by atoms with Gasteiger partial charge in [-0.1, -0.05) is 36.2 Å². The molecule has 0 radical (unpaired) electrons. The van der Waals surface area contributed by atoms with Crippen molar-refractivity contribution in [1.82, 2.24) is 0 Å². The van der Waals surface area contributed by atoms with Crippen molar-refractivity contribution in [3.63, 3.8) is 0 Å². The Morgan fingerprint density at radius 2 is 2.06 bits per heavy atom. The summed E-state index contributed by atoms with van der Waals surface area (Å²) in [6.45, 7) is 2.68. The molecule has 6 heteroatoms. The number of hydrogen-bond acceptors (Lipinski definition) is 3. The number of rotatable bonds is 6. The Bertz CT molecular complexity index is 395. The van der Waals surface area contributed by atoms with E-state index >= 15 is 0 Å². The molecular formula is C12H16Cl2N2OS. The lowest BCUT2D eigenvalue weighted by Crippen LogP contribution is -2.17. The molecule has 0 saturated heterocycles. The zero-order chi connectivity index (χ0) is 13.5. The zero-order valence-electron chi connectivity index (χ0n) is 10.1. The third-order valence-electron chi connectivity index (χ3n) is 2.30. The van der Waals surface area contributed by atoms with Gasteiger partial charge in [0.2, 0.25) is 5.91 Å². The molecule has 1 aromatic carbocycles. The Labute approximate surface area is 121 Å². The van der Waals surface area contributed by atoms with E-state index in [0.717, 1.165) is 6.42 Å². The van der Waals surface area contributed by atoms with Gasteiger partial charge in [0, 0.05) is 5.25 Å². The molecule has 0 spiro atoms. The SMILES string of the molecule is CC(CCN)SCC(=O)Nc1c(Cl)cccc1Cl. The molecule has 1 unspecified atom stereocenters. The number of hydrogen-bond donors (Lipinski definition) is 2. The first-order valence-corrected chi connectivity index (χ1v) is 7.40. The summed E-state index contributed by atoms with van der Waals surface area (Å²) in [6.07, 6.45) is 0.894. The van der Waals surface area contributed by atoms with Gasteiger partial charge in [0.15, 0.2) is 0 Å². The van der Waals surface area contributed by atoms with Gasteiger partial charge in [0.25, 0.3) is 0 Å². The highest BCUT2D eigenvalue weighted by Crippen LogP contribution is 2.29. The average molecular weight is 307 g/mol. The third-order valence-corrected chi connectivity index (χ3v) is 4.16. The van der Waals surface area contributed by atoms with Crippen molar-refractivity contribution in [2.75, 3.05) is 17.6 Å². The van der Waals surface area contributed by atoms with Gasteiger partial charge in [-0.3, -0.25) is 4.79 Å². The van der Waals surface area contributed by atoms with Gasteiger partial charge in [0.05, 0.1) is 21.5 Å². The van der Waals surface area contributed by atoms with E-state index in [1.165, 1.54) is 0 Å². The van der Waals surface area contributed by atoms with Crippen LogP contribution >= 0.6 is 35.0 Å². The van der Waals surface area contributed by atoms with Gasteiger partial charge in [0.1, 0.15) is 0 Å². The van der Waals surface area contributed by atoms with E-state index in [1.54, 1.807) is 30.0 Å². The number of halogens is 2. The minimum atomic E-state index is -0.112. The van der Waals surface area contributed by atoms with Crippen molar-refractivity contribution in [2.24, 2.45) is 5.73 Å². The molecule has 1 rings (SSSR count). The number of anilines is 1. The van der Waals surface area contributed by atoms with Crippen molar-refractivity contribution in [1.29, 1.82) is 0 Å². The fourth-order valence-corrected chi connectivity index (χ4v) is 2.63. The molecule has 0 bridgehead atoms. The van der Waals surface area contributed by atoms with Crippen LogP contribution in [0.15, 0.2) is 18.2 Å². The lowest BCUT2D eigenvalue weighted by molar-refractivity contribution is -0.113. The van der Waals surface area contributed by atoms with E-state index in [0.29, 0.717) is 33.3 Å². The van der Waals surface area contributed by atoms with E-state index in [9.17, 15) is 4.79 Å². The normalized spacial score (nSPS) is 12.2. The van der Waals surface area contributed by atoms with Crippen LogP contribution in [0.1, 0.15) is 13.3 Å². The van der Waals surface area contributed by atoms with E-state index in [2.05, 4.69) is 5.32 Å². The standard InChI is InChI=1S/C12H16Cl2N2OS/c1-8(5-6-15)18-7-11(17)16-12-9(13)3-2-4-10(12)14/h2-4,8H,5-7,15H2,1H3,(H,16,17). The van der Waals surface area contributed by atoms with Crippen LogP contribution in [-0.2, 0) is 4.79 Å². The molecule has 0 fully saturated rings. The van der Waals surface area contributed by atoms with Crippen molar-refractivity contribution in [3.05, 3.63) is 28.2 Å². The molecule has 0 aliphatic rings. The van der Waals surface area contributed by atoms with Gasteiger partial charge in [-0.2, -0.15) is 0 Å². The van der Waals surface area contributed by atoms with Crippen molar-refractivity contribution in [3.8, 4) is 0 Å². The minimum Gasteiger partial charge on any atom is -0.330 e. The first kappa shape index (κ1) is 15.6. The average Bonchev–Trinajstić information content (AvgIpc) is 2.32. The number of para-hydroxylation sites is 1.